The second-order valence-electron chi connectivity index (χ2n) is 8.74. The SMILES string of the molecule is CC(C)(C)OC(=O)N1CCC(c2cccc(Br)c2OCC(=O)c2ccc(Cl)cc2F)CC1. The van der Waals surface area contributed by atoms with Crippen LogP contribution in [0.1, 0.15) is 55.5 Å². The number of carbonyl (C=O) groups is 2. The van der Waals surface area contributed by atoms with Gasteiger partial charge in [0.25, 0.3) is 0 Å². The van der Waals surface area contributed by atoms with E-state index in [-0.39, 0.29) is 29.2 Å². The number of Topliss-reactive ketones (excluding diaryl/α,β-unsaturated/α-hetero) is 1. The number of ketones is 1. The highest BCUT2D eigenvalue weighted by atomic mass is 79.9. The van der Waals surface area contributed by atoms with Crippen LogP contribution in [-0.2, 0) is 4.74 Å². The van der Waals surface area contributed by atoms with Gasteiger partial charge >= 0.3 is 6.09 Å². The molecule has 0 radical (unpaired) electrons. The van der Waals surface area contributed by atoms with Crippen molar-refractivity contribution in [2.24, 2.45) is 0 Å². The third-order valence-electron chi connectivity index (χ3n) is 5.16. The number of ether oxygens (including phenoxy) is 2. The highest BCUT2D eigenvalue weighted by Crippen LogP contribution is 2.39. The van der Waals surface area contributed by atoms with E-state index in [9.17, 15) is 14.0 Å². The third kappa shape index (κ3) is 6.23. The van der Waals surface area contributed by atoms with Crippen LogP contribution in [0.2, 0.25) is 5.02 Å². The molecule has 0 saturated carbocycles. The standard InChI is InChI=1S/C24H26BrClFNO4/c1-24(2,3)32-23(30)28-11-9-15(10-12-28)17-5-4-6-19(25)22(17)31-14-21(29)18-8-7-16(26)13-20(18)27/h4-8,13,15H,9-12,14H2,1-3H3. The number of carbonyl (C=O) groups excluding carboxylic acids is 2. The summed E-state index contributed by atoms with van der Waals surface area (Å²) < 4.78 is 26.1. The number of likely N-dealkylation sites (tertiary alicyclic amines) is 1. The molecule has 172 valence electrons. The maximum absolute atomic E-state index is 14.1. The molecular weight excluding hydrogens is 501 g/mol. The summed E-state index contributed by atoms with van der Waals surface area (Å²) in [5.74, 6) is -0.428. The van der Waals surface area contributed by atoms with E-state index in [0.29, 0.717) is 23.3 Å². The van der Waals surface area contributed by atoms with Gasteiger partial charge in [-0.1, -0.05) is 23.7 Å². The minimum atomic E-state index is -0.673. The van der Waals surface area contributed by atoms with Crippen LogP contribution in [0, 0.1) is 5.82 Å². The summed E-state index contributed by atoms with van der Waals surface area (Å²) >= 11 is 9.26. The zero-order valence-electron chi connectivity index (χ0n) is 18.3. The number of halogens is 3. The molecule has 1 aliphatic heterocycles. The van der Waals surface area contributed by atoms with Crippen LogP contribution < -0.4 is 4.74 Å². The van der Waals surface area contributed by atoms with Crippen molar-refractivity contribution in [3.8, 4) is 5.75 Å². The largest absolute Gasteiger partial charge is 0.484 e. The van der Waals surface area contributed by atoms with Gasteiger partial charge in [-0.25, -0.2) is 9.18 Å². The molecule has 1 heterocycles. The number of amides is 1. The fourth-order valence-electron chi connectivity index (χ4n) is 3.63. The van der Waals surface area contributed by atoms with Gasteiger partial charge in [0.05, 0.1) is 10.0 Å². The molecular formula is C24H26BrClFNO4. The first-order valence-electron chi connectivity index (χ1n) is 10.4. The van der Waals surface area contributed by atoms with E-state index in [1.54, 1.807) is 4.90 Å². The lowest BCUT2D eigenvalue weighted by Crippen LogP contribution is -2.41. The summed E-state index contributed by atoms with van der Waals surface area (Å²) in [7, 11) is 0. The van der Waals surface area contributed by atoms with Gasteiger partial charge in [0.15, 0.2) is 6.61 Å². The van der Waals surface area contributed by atoms with E-state index in [4.69, 9.17) is 21.1 Å². The van der Waals surface area contributed by atoms with E-state index < -0.39 is 17.2 Å². The predicted octanol–water partition coefficient (Wildman–Crippen LogP) is 6.62. The molecule has 32 heavy (non-hydrogen) atoms. The number of piperidine rings is 1. The maximum atomic E-state index is 14.1. The lowest BCUT2D eigenvalue weighted by Gasteiger charge is -2.34. The van der Waals surface area contributed by atoms with E-state index in [1.165, 1.54) is 12.1 Å². The fraction of sp³-hybridized carbons (Fsp3) is 0.417. The molecule has 3 rings (SSSR count). The maximum Gasteiger partial charge on any atom is 0.410 e. The Morgan fingerprint density at radius 3 is 2.50 bits per heavy atom. The van der Waals surface area contributed by atoms with E-state index >= 15 is 0 Å². The quantitative estimate of drug-likeness (QED) is 0.411. The Hall–Kier alpha value is -2.12. The van der Waals surface area contributed by atoms with Crippen molar-refractivity contribution in [2.45, 2.75) is 45.1 Å². The van der Waals surface area contributed by atoms with Crippen LogP contribution >= 0.6 is 27.5 Å². The summed E-state index contributed by atoms with van der Waals surface area (Å²) in [6.45, 7) is 6.38. The van der Waals surface area contributed by atoms with Crippen LogP contribution in [0.4, 0.5) is 9.18 Å². The van der Waals surface area contributed by atoms with Crippen molar-refractivity contribution in [2.75, 3.05) is 19.7 Å². The Bertz CT molecular complexity index is 1000. The van der Waals surface area contributed by atoms with Crippen molar-refractivity contribution in [1.82, 2.24) is 4.90 Å². The molecule has 2 aromatic rings. The molecule has 1 amide bonds. The first kappa shape index (κ1) is 24.5. The monoisotopic (exact) mass is 525 g/mol. The molecule has 5 nitrogen and oxygen atoms in total. The van der Waals surface area contributed by atoms with Crippen LogP contribution in [-0.4, -0.2) is 42.1 Å². The van der Waals surface area contributed by atoms with Crippen molar-refractivity contribution in [3.63, 3.8) is 0 Å². The Morgan fingerprint density at radius 2 is 1.88 bits per heavy atom. The average molecular weight is 527 g/mol. The Labute approximate surface area is 201 Å². The number of nitrogens with zero attached hydrogens (tertiary/aromatic N) is 1. The van der Waals surface area contributed by atoms with Gasteiger partial charge in [-0.05, 0) is 85.3 Å². The lowest BCUT2D eigenvalue weighted by atomic mass is 9.89. The number of hydrogen-bond acceptors (Lipinski definition) is 4. The van der Waals surface area contributed by atoms with Gasteiger partial charge in [0, 0.05) is 18.1 Å². The molecule has 0 aliphatic carbocycles. The average Bonchev–Trinajstić information content (AvgIpc) is 2.71. The highest BCUT2D eigenvalue weighted by molar-refractivity contribution is 9.10. The number of benzene rings is 2. The topological polar surface area (TPSA) is 55.8 Å². The Morgan fingerprint density at radius 1 is 1.19 bits per heavy atom. The molecule has 0 bridgehead atoms. The number of para-hydroxylation sites is 1. The van der Waals surface area contributed by atoms with Gasteiger partial charge in [-0.15, -0.1) is 0 Å². The molecule has 1 saturated heterocycles. The zero-order chi connectivity index (χ0) is 23.5. The summed E-state index contributed by atoms with van der Waals surface area (Å²) in [5.41, 5.74) is 0.358. The smallest absolute Gasteiger partial charge is 0.410 e. The van der Waals surface area contributed by atoms with Crippen LogP contribution in [0.15, 0.2) is 40.9 Å². The molecule has 1 aliphatic rings. The number of rotatable bonds is 5. The van der Waals surface area contributed by atoms with Crippen molar-refractivity contribution in [3.05, 3.63) is 62.8 Å². The molecule has 0 atom stereocenters. The van der Waals surface area contributed by atoms with E-state index in [1.807, 2.05) is 39.0 Å². The lowest BCUT2D eigenvalue weighted by molar-refractivity contribution is 0.0204. The summed E-state index contributed by atoms with van der Waals surface area (Å²) in [4.78, 5) is 26.5. The molecule has 1 fully saturated rings. The van der Waals surface area contributed by atoms with Crippen LogP contribution in [0.3, 0.4) is 0 Å². The second kappa shape index (κ2) is 10.2. The molecule has 0 spiro atoms. The zero-order valence-corrected chi connectivity index (χ0v) is 20.6. The minimum Gasteiger partial charge on any atom is -0.484 e. The van der Waals surface area contributed by atoms with Gasteiger partial charge in [-0.2, -0.15) is 0 Å². The first-order valence-corrected chi connectivity index (χ1v) is 11.6. The molecule has 8 heteroatoms. The van der Waals surface area contributed by atoms with Crippen molar-refractivity contribution < 1.29 is 23.5 Å². The third-order valence-corrected chi connectivity index (χ3v) is 6.02. The van der Waals surface area contributed by atoms with E-state index in [0.717, 1.165) is 24.5 Å². The first-order chi connectivity index (χ1) is 15.0. The summed E-state index contributed by atoms with van der Waals surface area (Å²) in [5, 5.41) is 0.228. The van der Waals surface area contributed by atoms with Gasteiger partial charge in [0.1, 0.15) is 17.2 Å². The molecule has 0 N–H and O–H groups in total. The highest BCUT2D eigenvalue weighted by Gasteiger charge is 2.29. The molecule has 0 unspecified atom stereocenters. The van der Waals surface area contributed by atoms with Gasteiger partial charge in [0.2, 0.25) is 5.78 Å². The summed E-state index contributed by atoms with van der Waals surface area (Å²) in [6.07, 6.45) is 1.18. The van der Waals surface area contributed by atoms with E-state index in [2.05, 4.69) is 15.9 Å². The van der Waals surface area contributed by atoms with Crippen molar-refractivity contribution in [1.29, 1.82) is 0 Å². The van der Waals surface area contributed by atoms with Gasteiger partial charge in [-0.3, -0.25) is 4.79 Å². The number of hydrogen-bond donors (Lipinski definition) is 0. The second-order valence-corrected chi connectivity index (χ2v) is 10.0. The van der Waals surface area contributed by atoms with Crippen molar-refractivity contribution >= 4 is 39.4 Å². The fourth-order valence-corrected chi connectivity index (χ4v) is 4.28. The summed E-state index contributed by atoms with van der Waals surface area (Å²) in [6, 6.07) is 9.64. The molecule has 2 aromatic carbocycles. The van der Waals surface area contributed by atoms with Crippen LogP contribution in [0.5, 0.6) is 5.75 Å². The Balaban J connectivity index is 1.68. The minimum absolute atomic E-state index is 0.0614. The normalized spacial score (nSPS) is 14.9. The van der Waals surface area contributed by atoms with Crippen LogP contribution in [0.25, 0.3) is 0 Å². The predicted molar refractivity (Wildman–Crippen MR) is 125 cm³/mol. The van der Waals surface area contributed by atoms with Gasteiger partial charge < -0.3 is 14.4 Å². The molecule has 0 aromatic heterocycles. The Kier molecular flexibility index (Phi) is 7.83.